The van der Waals surface area contributed by atoms with E-state index in [-0.39, 0.29) is 0 Å². The lowest BCUT2D eigenvalue weighted by molar-refractivity contribution is 0.301. The highest BCUT2D eigenvalue weighted by Crippen LogP contribution is 2.18. The molecular weight excluding hydrogens is 218 g/mol. The largest absolute Gasteiger partial charge is 0.494 e. The molecule has 1 aromatic carbocycles. The van der Waals surface area contributed by atoms with Crippen LogP contribution in [-0.2, 0) is 6.54 Å². The van der Waals surface area contributed by atoms with Crippen LogP contribution in [-0.4, -0.2) is 16.9 Å². The second-order valence-electron chi connectivity index (χ2n) is 3.61. The molecule has 0 amide bonds. The van der Waals surface area contributed by atoms with E-state index in [0.717, 1.165) is 22.8 Å². The molecule has 1 aromatic heterocycles. The Balaban J connectivity index is 1.99. The van der Waals surface area contributed by atoms with Gasteiger partial charge in [-0.3, -0.25) is 0 Å². The van der Waals surface area contributed by atoms with E-state index in [4.69, 9.17) is 4.74 Å². The molecule has 5 heteroatoms. The smallest absolute Gasteiger partial charge is 0.127 e. The molecule has 0 fully saturated rings. The third kappa shape index (κ3) is 2.96. The molecule has 2 rings (SSSR count). The van der Waals surface area contributed by atoms with E-state index < -0.39 is 0 Å². The Morgan fingerprint density at radius 1 is 1.35 bits per heavy atom. The minimum Gasteiger partial charge on any atom is -0.494 e. The summed E-state index contributed by atoms with van der Waals surface area (Å²) in [6, 6.07) is 7.80. The Hall–Kier alpha value is -2.04. The molecule has 1 heterocycles. The molecule has 5 nitrogen and oxygen atoms in total. The quantitative estimate of drug-likeness (QED) is 0.859. The first kappa shape index (κ1) is 11.4. The third-order valence-corrected chi connectivity index (χ3v) is 2.35. The molecule has 1 N–H and O–H groups in total. The molecule has 90 valence electrons. The van der Waals surface area contributed by atoms with E-state index in [1.165, 1.54) is 0 Å². The second kappa shape index (κ2) is 5.34. The maximum atomic E-state index is 5.42. The van der Waals surface area contributed by atoms with Gasteiger partial charge in [0.2, 0.25) is 0 Å². The minimum absolute atomic E-state index is 0.588. The van der Waals surface area contributed by atoms with Crippen molar-refractivity contribution in [1.29, 1.82) is 0 Å². The van der Waals surface area contributed by atoms with Crippen LogP contribution in [0.2, 0.25) is 0 Å². The predicted molar refractivity (Wildman–Crippen MR) is 64.0 cm³/mol. The van der Waals surface area contributed by atoms with Crippen LogP contribution in [0.15, 0.2) is 28.9 Å². The SMILES string of the molecule is CCOc1cccc(NCc2nonc2C)c1. The standard InChI is InChI=1S/C12H15N3O2/c1-3-16-11-6-4-5-10(7-11)13-8-12-9(2)14-17-15-12/h4-7,13H,3,8H2,1-2H3. The number of aryl methyl sites for hydroxylation is 1. The number of benzene rings is 1. The summed E-state index contributed by atoms with van der Waals surface area (Å²) in [5.41, 5.74) is 2.60. The van der Waals surface area contributed by atoms with Gasteiger partial charge in [-0.05, 0) is 26.0 Å². The van der Waals surface area contributed by atoms with Crippen molar-refractivity contribution < 1.29 is 9.37 Å². The molecule has 0 aliphatic heterocycles. The van der Waals surface area contributed by atoms with Crippen LogP contribution in [0.4, 0.5) is 5.69 Å². The number of anilines is 1. The van der Waals surface area contributed by atoms with Crippen LogP contribution in [0.5, 0.6) is 5.75 Å². The molecule has 2 aromatic rings. The molecule has 0 aliphatic carbocycles. The molecular formula is C12H15N3O2. The van der Waals surface area contributed by atoms with Crippen LogP contribution in [0.25, 0.3) is 0 Å². The summed E-state index contributed by atoms with van der Waals surface area (Å²) in [5, 5.41) is 10.8. The Morgan fingerprint density at radius 2 is 2.24 bits per heavy atom. The fourth-order valence-corrected chi connectivity index (χ4v) is 1.46. The van der Waals surface area contributed by atoms with Gasteiger partial charge in [-0.15, -0.1) is 0 Å². The molecule has 0 radical (unpaired) electrons. The van der Waals surface area contributed by atoms with Crippen molar-refractivity contribution in [3.63, 3.8) is 0 Å². The summed E-state index contributed by atoms with van der Waals surface area (Å²) >= 11 is 0. The van der Waals surface area contributed by atoms with Gasteiger partial charge in [0, 0.05) is 11.8 Å². The number of ether oxygens (including phenoxy) is 1. The van der Waals surface area contributed by atoms with Gasteiger partial charge < -0.3 is 10.1 Å². The normalized spacial score (nSPS) is 10.2. The number of aromatic nitrogens is 2. The van der Waals surface area contributed by atoms with E-state index in [1.807, 2.05) is 38.1 Å². The summed E-state index contributed by atoms with van der Waals surface area (Å²) in [5.74, 6) is 0.854. The van der Waals surface area contributed by atoms with Crippen molar-refractivity contribution in [2.75, 3.05) is 11.9 Å². The van der Waals surface area contributed by atoms with Crippen LogP contribution in [0, 0.1) is 6.92 Å². The fourth-order valence-electron chi connectivity index (χ4n) is 1.46. The van der Waals surface area contributed by atoms with Crippen molar-refractivity contribution in [2.24, 2.45) is 0 Å². The molecule has 17 heavy (non-hydrogen) atoms. The van der Waals surface area contributed by atoms with E-state index >= 15 is 0 Å². The number of nitrogens with one attached hydrogen (secondary N) is 1. The Bertz CT molecular complexity index is 482. The number of rotatable bonds is 5. The lowest BCUT2D eigenvalue weighted by atomic mass is 10.3. The topological polar surface area (TPSA) is 60.2 Å². The molecule has 0 saturated heterocycles. The first-order chi connectivity index (χ1) is 8.29. The maximum Gasteiger partial charge on any atom is 0.127 e. The van der Waals surface area contributed by atoms with Crippen molar-refractivity contribution in [3.8, 4) is 5.75 Å². The van der Waals surface area contributed by atoms with E-state index in [0.29, 0.717) is 13.2 Å². The van der Waals surface area contributed by atoms with Gasteiger partial charge in [0.15, 0.2) is 0 Å². The monoisotopic (exact) mass is 233 g/mol. The maximum absolute atomic E-state index is 5.42. The van der Waals surface area contributed by atoms with Gasteiger partial charge in [0.25, 0.3) is 0 Å². The highest BCUT2D eigenvalue weighted by atomic mass is 16.6. The third-order valence-electron chi connectivity index (χ3n) is 2.35. The average molecular weight is 233 g/mol. The zero-order valence-electron chi connectivity index (χ0n) is 9.93. The lowest BCUT2D eigenvalue weighted by Crippen LogP contribution is -2.01. The highest BCUT2D eigenvalue weighted by molar-refractivity contribution is 5.48. The molecule has 0 unspecified atom stereocenters. The summed E-state index contributed by atoms with van der Waals surface area (Å²) in [4.78, 5) is 0. The second-order valence-corrected chi connectivity index (χ2v) is 3.61. The van der Waals surface area contributed by atoms with E-state index in [9.17, 15) is 0 Å². The van der Waals surface area contributed by atoms with E-state index in [1.54, 1.807) is 0 Å². The first-order valence-electron chi connectivity index (χ1n) is 5.54. The average Bonchev–Trinajstić information content (AvgIpc) is 2.73. The first-order valence-corrected chi connectivity index (χ1v) is 5.54. The molecule has 0 saturated carbocycles. The van der Waals surface area contributed by atoms with Gasteiger partial charge in [-0.1, -0.05) is 16.4 Å². The van der Waals surface area contributed by atoms with Gasteiger partial charge in [0.1, 0.15) is 17.1 Å². The number of hydrogen-bond acceptors (Lipinski definition) is 5. The molecule has 0 atom stereocenters. The van der Waals surface area contributed by atoms with Gasteiger partial charge in [0.05, 0.1) is 13.2 Å². The van der Waals surface area contributed by atoms with Crippen LogP contribution in [0.1, 0.15) is 18.3 Å². The summed E-state index contributed by atoms with van der Waals surface area (Å²) < 4.78 is 10.1. The van der Waals surface area contributed by atoms with Crippen molar-refractivity contribution in [2.45, 2.75) is 20.4 Å². The zero-order valence-corrected chi connectivity index (χ0v) is 9.93. The van der Waals surface area contributed by atoms with Crippen molar-refractivity contribution >= 4 is 5.69 Å². The Morgan fingerprint density at radius 3 is 2.94 bits per heavy atom. The zero-order chi connectivity index (χ0) is 12.1. The molecule has 0 spiro atoms. The van der Waals surface area contributed by atoms with Crippen molar-refractivity contribution in [3.05, 3.63) is 35.7 Å². The number of nitrogens with zero attached hydrogens (tertiary/aromatic N) is 2. The van der Waals surface area contributed by atoms with Crippen LogP contribution >= 0.6 is 0 Å². The fraction of sp³-hybridized carbons (Fsp3) is 0.333. The van der Waals surface area contributed by atoms with Gasteiger partial charge >= 0.3 is 0 Å². The van der Waals surface area contributed by atoms with Gasteiger partial charge in [-0.2, -0.15) is 0 Å². The van der Waals surface area contributed by atoms with E-state index in [2.05, 4.69) is 20.3 Å². The van der Waals surface area contributed by atoms with Crippen LogP contribution in [0.3, 0.4) is 0 Å². The Kier molecular flexibility index (Phi) is 3.59. The number of hydrogen-bond donors (Lipinski definition) is 1. The Labute approximate surface area is 99.7 Å². The van der Waals surface area contributed by atoms with Crippen LogP contribution < -0.4 is 10.1 Å². The summed E-state index contributed by atoms with van der Waals surface area (Å²) in [6.07, 6.45) is 0. The summed E-state index contributed by atoms with van der Waals surface area (Å²) in [6.45, 7) is 5.08. The molecule has 0 bridgehead atoms. The minimum atomic E-state index is 0.588. The summed E-state index contributed by atoms with van der Waals surface area (Å²) in [7, 11) is 0. The molecule has 0 aliphatic rings. The van der Waals surface area contributed by atoms with Gasteiger partial charge in [-0.25, -0.2) is 4.63 Å². The lowest BCUT2D eigenvalue weighted by Gasteiger charge is -2.07. The van der Waals surface area contributed by atoms with Crippen molar-refractivity contribution in [1.82, 2.24) is 10.3 Å². The predicted octanol–water partition coefficient (Wildman–Crippen LogP) is 2.39. The highest BCUT2D eigenvalue weighted by Gasteiger charge is 2.04.